The third-order valence-corrected chi connectivity index (χ3v) is 2.92. The van der Waals surface area contributed by atoms with Gasteiger partial charge < -0.3 is 9.84 Å². The third kappa shape index (κ3) is 1.57. The molecule has 3 atom stereocenters. The van der Waals surface area contributed by atoms with Crippen LogP contribution in [-0.4, -0.2) is 17.5 Å². The van der Waals surface area contributed by atoms with Crippen molar-refractivity contribution in [3.05, 3.63) is 0 Å². The minimum Gasteiger partial charge on any atom is -0.368 e. The van der Waals surface area contributed by atoms with Gasteiger partial charge in [0.05, 0.1) is 6.10 Å². The van der Waals surface area contributed by atoms with Crippen molar-refractivity contribution in [1.29, 1.82) is 0 Å². The Morgan fingerprint density at radius 3 is 2.55 bits per heavy atom. The van der Waals surface area contributed by atoms with Gasteiger partial charge in [0, 0.05) is 6.42 Å². The lowest BCUT2D eigenvalue weighted by Gasteiger charge is -2.26. The van der Waals surface area contributed by atoms with Gasteiger partial charge in [0.25, 0.3) is 0 Å². The zero-order valence-electron chi connectivity index (χ0n) is 7.63. The molecule has 1 saturated heterocycles. The average molecular weight is 158 g/mol. The van der Waals surface area contributed by atoms with Crippen LogP contribution in [0, 0.1) is 5.41 Å². The molecule has 2 unspecified atom stereocenters. The molecule has 0 aliphatic carbocycles. The molecule has 0 saturated carbocycles. The standard InChI is InChI=1S/C9H18O2/c1-4-7-9(3,5-2)6-8(10)11-7/h7-8,10H,4-6H2,1-3H3/t7?,8?,9-/m1/s1. The second-order valence-electron chi connectivity index (χ2n) is 3.70. The van der Waals surface area contributed by atoms with Crippen molar-refractivity contribution in [2.45, 2.75) is 52.4 Å². The summed E-state index contributed by atoms with van der Waals surface area (Å²) in [5, 5.41) is 9.28. The lowest BCUT2D eigenvalue weighted by atomic mass is 9.79. The summed E-state index contributed by atoms with van der Waals surface area (Å²) >= 11 is 0. The Bertz CT molecular complexity index is 136. The molecule has 66 valence electrons. The molecule has 1 fully saturated rings. The summed E-state index contributed by atoms with van der Waals surface area (Å²) in [7, 11) is 0. The molecule has 0 bridgehead atoms. The van der Waals surface area contributed by atoms with Crippen LogP contribution in [0.4, 0.5) is 0 Å². The van der Waals surface area contributed by atoms with Gasteiger partial charge in [-0.3, -0.25) is 0 Å². The number of aliphatic hydroxyl groups excluding tert-OH is 1. The van der Waals surface area contributed by atoms with Crippen LogP contribution in [0.15, 0.2) is 0 Å². The van der Waals surface area contributed by atoms with Crippen LogP contribution >= 0.6 is 0 Å². The Morgan fingerprint density at radius 1 is 1.55 bits per heavy atom. The van der Waals surface area contributed by atoms with Crippen LogP contribution in [0.5, 0.6) is 0 Å². The highest BCUT2D eigenvalue weighted by molar-refractivity contribution is 4.87. The summed E-state index contributed by atoms with van der Waals surface area (Å²) < 4.78 is 5.37. The number of ether oxygens (including phenoxy) is 1. The first-order valence-corrected chi connectivity index (χ1v) is 4.46. The van der Waals surface area contributed by atoms with Crippen molar-refractivity contribution in [2.24, 2.45) is 5.41 Å². The quantitative estimate of drug-likeness (QED) is 0.665. The monoisotopic (exact) mass is 158 g/mol. The summed E-state index contributed by atoms with van der Waals surface area (Å²) in [6.07, 6.45) is 2.61. The summed E-state index contributed by atoms with van der Waals surface area (Å²) in [6, 6.07) is 0. The van der Waals surface area contributed by atoms with Gasteiger partial charge in [0.15, 0.2) is 6.29 Å². The van der Waals surface area contributed by atoms with E-state index in [4.69, 9.17) is 4.74 Å². The molecule has 0 spiro atoms. The molecule has 1 rings (SSSR count). The fourth-order valence-corrected chi connectivity index (χ4v) is 1.89. The van der Waals surface area contributed by atoms with E-state index in [1.165, 1.54) is 0 Å². The number of hydrogen-bond donors (Lipinski definition) is 1. The predicted molar refractivity (Wildman–Crippen MR) is 44.2 cm³/mol. The van der Waals surface area contributed by atoms with E-state index >= 15 is 0 Å². The van der Waals surface area contributed by atoms with Crippen LogP contribution in [0.2, 0.25) is 0 Å². The van der Waals surface area contributed by atoms with Crippen LogP contribution in [0.1, 0.15) is 40.0 Å². The molecule has 0 radical (unpaired) electrons. The molecule has 1 aliphatic rings. The molecule has 1 aliphatic heterocycles. The van der Waals surface area contributed by atoms with Crippen molar-refractivity contribution in [1.82, 2.24) is 0 Å². The first-order chi connectivity index (χ1) is 5.12. The summed E-state index contributed by atoms with van der Waals surface area (Å²) in [4.78, 5) is 0. The Morgan fingerprint density at radius 2 is 2.18 bits per heavy atom. The van der Waals surface area contributed by atoms with E-state index in [-0.39, 0.29) is 11.5 Å². The van der Waals surface area contributed by atoms with Crippen LogP contribution in [0.3, 0.4) is 0 Å². The second-order valence-corrected chi connectivity index (χ2v) is 3.70. The van der Waals surface area contributed by atoms with E-state index in [1.807, 2.05) is 0 Å². The summed E-state index contributed by atoms with van der Waals surface area (Å²) in [5.74, 6) is 0. The average Bonchev–Trinajstić information content (AvgIpc) is 2.27. The maximum Gasteiger partial charge on any atom is 0.155 e. The van der Waals surface area contributed by atoms with Crippen molar-refractivity contribution < 1.29 is 9.84 Å². The van der Waals surface area contributed by atoms with Gasteiger partial charge in [-0.15, -0.1) is 0 Å². The van der Waals surface area contributed by atoms with Crippen molar-refractivity contribution in [3.63, 3.8) is 0 Å². The van der Waals surface area contributed by atoms with E-state index in [2.05, 4.69) is 20.8 Å². The highest BCUT2D eigenvalue weighted by Crippen LogP contribution is 2.41. The van der Waals surface area contributed by atoms with Gasteiger partial charge >= 0.3 is 0 Å². The van der Waals surface area contributed by atoms with Gasteiger partial charge in [0.2, 0.25) is 0 Å². The molecular formula is C9H18O2. The van der Waals surface area contributed by atoms with Gasteiger partial charge in [-0.25, -0.2) is 0 Å². The SMILES string of the molecule is CCC1OC(O)C[C@@]1(C)CC. The van der Waals surface area contributed by atoms with E-state index < -0.39 is 6.29 Å². The normalized spacial score (nSPS) is 44.7. The molecule has 0 aromatic rings. The molecular weight excluding hydrogens is 140 g/mol. The summed E-state index contributed by atoms with van der Waals surface area (Å²) in [6.45, 7) is 6.46. The van der Waals surface area contributed by atoms with Crippen LogP contribution in [0.25, 0.3) is 0 Å². The highest BCUT2D eigenvalue weighted by Gasteiger charge is 2.41. The van der Waals surface area contributed by atoms with Gasteiger partial charge in [-0.05, 0) is 18.3 Å². The van der Waals surface area contributed by atoms with E-state index in [0.29, 0.717) is 0 Å². The maximum atomic E-state index is 9.28. The molecule has 2 nitrogen and oxygen atoms in total. The van der Waals surface area contributed by atoms with E-state index in [1.54, 1.807) is 0 Å². The first-order valence-electron chi connectivity index (χ1n) is 4.46. The van der Waals surface area contributed by atoms with Crippen LogP contribution in [-0.2, 0) is 4.74 Å². The lowest BCUT2D eigenvalue weighted by molar-refractivity contribution is -0.0958. The predicted octanol–water partition coefficient (Wildman–Crippen LogP) is 1.92. The zero-order chi connectivity index (χ0) is 8.48. The molecule has 11 heavy (non-hydrogen) atoms. The Kier molecular flexibility index (Phi) is 2.55. The number of rotatable bonds is 2. The van der Waals surface area contributed by atoms with Gasteiger partial charge in [0.1, 0.15) is 0 Å². The fourth-order valence-electron chi connectivity index (χ4n) is 1.89. The van der Waals surface area contributed by atoms with Crippen LogP contribution < -0.4 is 0 Å². The van der Waals surface area contributed by atoms with Crippen molar-refractivity contribution in [2.75, 3.05) is 0 Å². The minimum absolute atomic E-state index is 0.203. The number of aliphatic hydroxyl groups is 1. The smallest absolute Gasteiger partial charge is 0.155 e. The third-order valence-electron chi connectivity index (χ3n) is 2.92. The molecule has 1 N–H and O–H groups in total. The van der Waals surface area contributed by atoms with Gasteiger partial charge in [-0.1, -0.05) is 20.8 Å². The van der Waals surface area contributed by atoms with E-state index in [9.17, 15) is 5.11 Å². The highest BCUT2D eigenvalue weighted by atomic mass is 16.6. The molecule has 0 aromatic heterocycles. The molecule has 0 aromatic carbocycles. The fraction of sp³-hybridized carbons (Fsp3) is 1.00. The summed E-state index contributed by atoms with van der Waals surface area (Å²) in [5.41, 5.74) is 0.203. The number of hydrogen-bond acceptors (Lipinski definition) is 2. The minimum atomic E-state index is -0.523. The Balaban J connectivity index is 2.63. The molecule has 2 heteroatoms. The van der Waals surface area contributed by atoms with Crippen molar-refractivity contribution in [3.8, 4) is 0 Å². The Labute approximate surface area is 68.6 Å². The van der Waals surface area contributed by atoms with Crippen molar-refractivity contribution >= 4 is 0 Å². The molecule has 1 heterocycles. The first kappa shape index (κ1) is 9.01. The Hall–Kier alpha value is -0.0800. The second kappa shape index (κ2) is 3.11. The maximum absolute atomic E-state index is 9.28. The lowest BCUT2D eigenvalue weighted by Crippen LogP contribution is -2.25. The zero-order valence-corrected chi connectivity index (χ0v) is 7.63. The van der Waals surface area contributed by atoms with E-state index in [0.717, 1.165) is 19.3 Å². The largest absolute Gasteiger partial charge is 0.368 e. The van der Waals surface area contributed by atoms with Gasteiger partial charge in [-0.2, -0.15) is 0 Å². The topological polar surface area (TPSA) is 29.5 Å². The molecule has 0 amide bonds.